The molecule has 1 unspecified atom stereocenters. The molecule has 0 N–H and O–H groups in total. The third-order valence-corrected chi connectivity index (χ3v) is 3.46. The predicted molar refractivity (Wildman–Crippen MR) is 73.8 cm³/mol. The maximum absolute atomic E-state index is 11.7. The molecule has 0 heterocycles. The van der Waals surface area contributed by atoms with Crippen LogP contribution >= 0.6 is 0 Å². The number of rotatable bonds is 4. The lowest BCUT2D eigenvalue weighted by Crippen LogP contribution is -2.19. The largest absolute Gasteiger partial charge is 0.466 e. The van der Waals surface area contributed by atoms with Crippen molar-refractivity contribution in [2.75, 3.05) is 6.61 Å². The summed E-state index contributed by atoms with van der Waals surface area (Å²) in [5.74, 6) is -0.145. The zero-order valence-corrected chi connectivity index (χ0v) is 11.1. The molecule has 1 aliphatic carbocycles. The van der Waals surface area contributed by atoms with E-state index >= 15 is 0 Å². The Balaban J connectivity index is 2.12. The topological polar surface area (TPSA) is 43.4 Å². The van der Waals surface area contributed by atoms with Crippen molar-refractivity contribution < 1.29 is 14.3 Å². The number of ether oxygens (including phenoxy) is 1. The van der Waals surface area contributed by atoms with E-state index in [-0.39, 0.29) is 11.9 Å². The van der Waals surface area contributed by atoms with Crippen LogP contribution in [0.1, 0.15) is 42.1 Å². The zero-order chi connectivity index (χ0) is 13.7. The zero-order valence-electron chi connectivity index (χ0n) is 11.1. The van der Waals surface area contributed by atoms with Crippen molar-refractivity contribution in [3.63, 3.8) is 0 Å². The molecule has 0 fully saturated rings. The SMILES string of the molecule is CCOC(=O)C1CC=C(c2ccccc2C=O)CC1. The van der Waals surface area contributed by atoms with Crippen LogP contribution in [0.2, 0.25) is 0 Å². The maximum Gasteiger partial charge on any atom is 0.309 e. The molecule has 0 amide bonds. The predicted octanol–water partition coefficient (Wildman–Crippen LogP) is 3.25. The number of benzene rings is 1. The van der Waals surface area contributed by atoms with E-state index in [0.29, 0.717) is 18.6 Å². The summed E-state index contributed by atoms with van der Waals surface area (Å²) in [6, 6.07) is 7.57. The Morgan fingerprint density at radius 2 is 2.21 bits per heavy atom. The minimum absolute atomic E-state index is 0.0351. The summed E-state index contributed by atoms with van der Waals surface area (Å²) in [4.78, 5) is 22.7. The first-order chi connectivity index (χ1) is 9.26. The van der Waals surface area contributed by atoms with Crippen molar-refractivity contribution in [1.29, 1.82) is 0 Å². The molecule has 0 saturated carbocycles. The van der Waals surface area contributed by atoms with Gasteiger partial charge >= 0.3 is 5.97 Å². The second-order valence-corrected chi connectivity index (χ2v) is 4.66. The van der Waals surface area contributed by atoms with Gasteiger partial charge in [0.15, 0.2) is 6.29 Å². The summed E-state index contributed by atoms with van der Waals surface area (Å²) < 4.78 is 5.04. The van der Waals surface area contributed by atoms with E-state index in [4.69, 9.17) is 4.74 Å². The van der Waals surface area contributed by atoms with E-state index in [1.807, 2.05) is 31.2 Å². The second-order valence-electron chi connectivity index (χ2n) is 4.66. The van der Waals surface area contributed by atoms with Crippen LogP contribution in [0.3, 0.4) is 0 Å². The molecule has 1 aliphatic rings. The highest BCUT2D eigenvalue weighted by atomic mass is 16.5. The molecular formula is C16H18O3. The molecule has 3 nitrogen and oxygen atoms in total. The fourth-order valence-corrected chi connectivity index (χ4v) is 2.45. The first kappa shape index (κ1) is 13.5. The van der Waals surface area contributed by atoms with Crippen LogP contribution < -0.4 is 0 Å². The Labute approximate surface area is 113 Å². The summed E-state index contributed by atoms with van der Waals surface area (Å²) in [5, 5.41) is 0. The average Bonchev–Trinajstić information content (AvgIpc) is 2.47. The lowest BCUT2D eigenvalue weighted by atomic mass is 9.85. The van der Waals surface area contributed by atoms with Gasteiger partial charge in [-0.3, -0.25) is 9.59 Å². The van der Waals surface area contributed by atoms with Crippen LogP contribution in [-0.2, 0) is 9.53 Å². The minimum atomic E-state index is -0.110. The smallest absolute Gasteiger partial charge is 0.309 e. The summed E-state index contributed by atoms with van der Waals surface area (Å²) >= 11 is 0. The van der Waals surface area contributed by atoms with Crippen LogP contribution in [0.25, 0.3) is 5.57 Å². The van der Waals surface area contributed by atoms with Gasteiger partial charge in [-0.2, -0.15) is 0 Å². The molecule has 0 spiro atoms. The standard InChI is InChI=1S/C16H18O3/c1-2-19-16(18)13-9-7-12(8-10-13)15-6-4-3-5-14(15)11-17/h3-7,11,13H,2,8-10H2,1H3. The van der Waals surface area contributed by atoms with Crippen molar-refractivity contribution >= 4 is 17.8 Å². The van der Waals surface area contributed by atoms with Gasteiger partial charge in [0.05, 0.1) is 12.5 Å². The summed E-state index contributed by atoms with van der Waals surface area (Å²) in [7, 11) is 0. The Bertz CT molecular complexity index is 502. The summed E-state index contributed by atoms with van der Waals surface area (Å²) in [6.45, 7) is 2.25. The van der Waals surface area contributed by atoms with Crippen molar-refractivity contribution in [2.45, 2.75) is 26.2 Å². The van der Waals surface area contributed by atoms with E-state index in [1.165, 1.54) is 0 Å². The van der Waals surface area contributed by atoms with Crippen molar-refractivity contribution in [3.05, 3.63) is 41.5 Å². The normalized spacial score (nSPS) is 18.6. The molecular weight excluding hydrogens is 240 g/mol. The molecule has 1 aromatic carbocycles. The van der Waals surface area contributed by atoms with E-state index in [1.54, 1.807) is 0 Å². The van der Waals surface area contributed by atoms with Crippen LogP contribution in [0, 0.1) is 5.92 Å². The van der Waals surface area contributed by atoms with Gasteiger partial charge in [-0.1, -0.05) is 30.3 Å². The van der Waals surface area contributed by atoms with Gasteiger partial charge in [0.25, 0.3) is 0 Å². The summed E-state index contributed by atoms with van der Waals surface area (Å²) in [5.41, 5.74) is 2.85. The van der Waals surface area contributed by atoms with Gasteiger partial charge in [-0.15, -0.1) is 0 Å². The Hall–Kier alpha value is -1.90. The molecule has 0 aliphatic heterocycles. The van der Waals surface area contributed by atoms with Crippen LogP contribution in [-0.4, -0.2) is 18.9 Å². The molecule has 0 saturated heterocycles. The molecule has 19 heavy (non-hydrogen) atoms. The van der Waals surface area contributed by atoms with Gasteiger partial charge in [0.2, 0.25) is 0 Å². The number of hydrogen-bond acceptors (Lipinski definition) is 3. The first-order valence-corrected chi connectivity index (χ1v) is 6.66. The number of esters is 1. The molecule has 100 valence electrons. The Kier molecular flexibility index (Phi) is 4.50. The maximum atomic E-state index is 11.7. The highest BCUT2D eigenvalue weighted by molar-refractivity contribution is 5.86. The Morgan fingerprint density at radius 3 is 2.84 bits per heavy atom. The van der Waals surface area contributed by atoms with Crippen molar-refractivity contribution in [2.24, 2.45) is 5.92 Å². The van der Waals surface area contributed by atoms with Gasteiger partial charge in [-0.05, 0) is 37.3 Å². The van der Waals surface area contributed by atoms with Crippen molar-refractivity contribution in [1.82, 2.24) is 0 Å². The highest BCUT2D eigenvalue weighted by Gasteiger charge is 2.23. The van der Waals surface area contributed by atoms with Crippen LogP contribution in [0.4, 0.5) is 0 Å². The number of aldehydes is 1. The average molecular weight is 258 g/mol. The van der Waals surface area contributed by atoms with E-state index < -0.39 is 0 Å². The lowest BCUT2D eigenvalue weighted by Gasteiger charge is -2.21. The third-order valence-electron chi connectivity index (χ3n) is 3.46. The van der Waals surface area contributed by atoms with E-state index in [2.05, 4.69) is 6.08 Å². The fraction of sp³-hybridized carbons (Fsp3) is 0.375. The molecule has 0 bridgehead atoms. The fourth-order valence-electron chi connectivity index (χ4n) is 2.45. The molecule has 0 aromatic heterocycles. The monoisotopic (exact) mass is 258 g/mol. The van der Waals surface area contributed by atoms with Crippen molar-refractivity contribution in [3.8, 4) is 0 Å². The quantitative estimate of drug-likeness (QED) is 0.615. The van der Waals surface area contributed by atoms with Gasteiger partial charge < -0.3 is 4.74 Å². The number of carbonyl (C=O) groups excluding carboxylic acids is 2. The molecule has 3 heteroatoms. The van der Waals surface area contributed by atoms with Crippen LogP contribution in [0.15, 0.2) is 30.3 Å². The second kappa shape index (κ2) is 6.32. The first-order valence-electron chi connectivity index (χ1n) is 6.66. The molecule has 2 rings (SSSR count). The molecule has 1 atom stereocenters. The van der Waals surface area contributed by atoms with Crippen LogP contribution in [0.5, 0.6) is 0 Å². The summed E-state index contributed by atoms with van der Waals surface area (Å²) in [6.07, 6.45) is 5.24. The third kappa shape index (κ3) is 3.11. The number of hydrogen-bond donors (Lipinski definition) is 0. The minimum Gasteiger partial charge on any atom is -0.466 e. The van der Waals surface area contributed by atoms with E-state index in [9.17, 15) is 9.59 Å². The number of allylic oxidation sites excluding steroid dienone is 2. The van der Waals surface area contributed by atoms with Gasteiger partial charge in [0.1, 0.15) is 0 Å². The Morgan fingerprint density at radius 1 is 1.42 bits per heavy atom. The molecule has 1 aromatic rings. The number of carbonyl (C=O) groups is 2. The highest BCUT2D eigenvalue weighted by Crippen LogP contribution is 2.32. The van der Waals surface area contributed by atoms with E-state index in [0.717, 1.165) is 30.3 Å². The molecule has 0 radical (unpaired) electrons. The van der Waals surface area contributed by atoms with Gasteiger partial charge in [0, 0.05) is 5.56 Å². The lowest BCUT2D eigenvalue weighted by molar-refractivity contribution is -0.148. The van der Waals surface area contributed by atoms with Gasteiger partial charge in [-0.25, -0.2) is 0 Å².